The number of carbonyl (C=O) groups is 1. The predicted octanol–water partition coefficient (Wildman–Crippen LogP) is 2.73. The van der Waals surface area contributed by atoms with Crippen molar-refractivity contribution in [3.8, 4) is 0 Å². The third kappa shape index (κ3) is 5.28. The van der Waals surface area contributed by atoms with Crippen LogP contribution in [-0.4, -0.2) is 60.4 Å². The van der Waals surface area contributed by atoms with Crippen LogP contribution in [0.2, 0.25) is 0 Å². The van der Waals surface area contributed by atoms with Crippen LogP contribution in [-0.2, 0) is 21.0 Å². The quantitative estimate of drug-likeness (QED) is 0.662. The van der Waals surface area contributed by atoms with E-state index in [4.69, 9.17) is 0 Å². The van der Waals surface area contributed by atoms with Gasteiger partial charge in [0.15, 0.2) is 0 Å². The van der Waals surface area contributed by atoms with E-state index in [9.17, 15) is 26.4 Å². The molecule has 156 valence electrons. The Bertz CT molecular complexity index is 961. The topological polar surface area (TPSA) is 70.6 Å². The Morgan fingerprint density at radius 1 is 1.07 bits per heavy atom. The average molecular weight is 445 g/mol. The molecule has 3 rings (SSSR count). The Balaban J connectivity index is 1.60. The molecule has 0 saturated carbocycles. The molecule has 6 nitrogen and oxygen atoms in total. The molecule has 1 saturated heterocycles. The number of pyridine rings is 1. The zero-order chi connectivity index (χ0) is 21.1. The highest BCUT2D eigenvalue weighted by Crippen LogP contribution is 2.31. The van der Waals surface area contributed by atoms with E-state index in [1.165, 1.54) is 11.8 Å². The maximum absolute atomic E-state index is 12.9. The zero-order valence-corrected chi connectivity index (χ0v) is 16.8. The Morgan fingerprint density at radius 2 is 1.72 bits per heavy atom. The van der Waals surface area contributed by atoms with Crippen LogP contribution in [0.3, 0.4) is 0 Å². The third-order valence-corrected chi connectivity index (χ3v) is 7.29. The van der Waals surface area contributed by atoms with Gasteiger partial charge in [0.05, 0.1) is 16.2 Å². The second-order valence-electron chi connectivity index (χ2n) is 6.28. The molecule has 11 heteroatoms. The van der Waals surface area contributed by atoms with Gasteiger partial charge in [0.2, 0.25) is 15.9 Å². The normalized spacial score (nSPS) is 16.0. The molecule has 0 radical (unpaired) electrons. The Kier molecular flexibility index (Phi) is 6.49. The number of halogens is 3. The minimum atomic E-state index is -4.62. The first-order valence-electron chi connectivity index (χ1n) is 8.66. The van der Waals surface area contributed by atoms with Crippen LogP contribution < -0.4 is 0 Å². The van der Waals surface area contributed by atoms with Crippen LogP contribution in [0.5, 0.6) is 0 Å². The Labute approximate surface area is 170 Å². The highest BCUT2D eigenvalue weighted by atomic mass is 32.2. The molecule has 0 bridgehead atoms. The number of nitrogens with zero attached hydrogens (tertiary/aromatic N) is 3. The van der Waals surface area contributed by atoms with Gasteiger partial charge in [-0.05, 0) is 30.3 Å². The second-order valence-corrected chi connectivity index (χ2v) is 9.27. The number of carbonyl (C=O) groups excluding carboxylic acids is 1. The highest BCUT2D eigenvalue weighted by molar-refractivity contribution is 8.00. The van der Waals surface area contributed by atoms with Crippen LogP contribution in [0, 0.1) is 0 Å². The number of sulfonamides is 1. The van der Waals surface area contributed by atoms with Gasteiger partial charge in [0.1, 0.15) is 0 Å². The molecule has 29 heavy (non-hydrogen) atoms. The summed E-state index contributed by atoms with van der Waals surface area (Å²) in [5.74, 6) is 0.0904. The van der Waals surface area contributed by atoms with E-state index in [1.54, 1.807) is 29.4 Å². The molecule has 0 spiro atoms. The molecular formula is C18H18F3N3O3S2. The number of amides is 1. The fourth-order valence-electron chi connectivity index (χ4n) is 2.83. The molecule has 1 amide bonds. The van der Waals surface area contributed by atoms with Crippen molar-refractivity contribution in [3.05, 3.63) is 54.4 Å². The van der Waals surface area contributed by atoms with Crippen molar-refractivity contribution >= 4 is 27.7 Å². The molecule has 1 aliphatic rings. The van der Waals surface area contributed by atoms with Gasteiger partial charge >= 0.3 is 6.18 Å². The molecular weight excluding hydrogens is 427 g/mol. The summed E-state index contributed by atoms with van der Waals surface area (Å²) < 4.78 is 65.1. The molecule has 2 heterocycles. The van der Waals surface area contributed by atoms with Crippen LogP contribution in [0.25, 0.3) is 0 Å². The molecule has 0 aliphatic carbocycles. The fraction of sp³-hybridized carbons (Fsp3) is 0.333. The first kappa shape index (κ1) is 21.6. The molecule has 0 atom stereocenters. The smallest absolute Gasteiger partial charge is 0.339 e. The lowest BCUT2D eigenvalue weighted by molar-refractivity contribution is -0.137. The number of thioether (sulfide) groups is 1. The Morgan fingerprint density at radius 3 is 2.34 bits per heavy atom. The zero-order valence-electron chi connectivity index (χ0n) is 15.2. The van der Waals surface area contributed by atoms with Gasteiger partial charge in [-0.3, -0.25) is 9.78 Å². The van der Waals surface area contributed by atoms with E-state index in [2.05, 4.69) is 4.98 Å². The number of piperazine rings is 1. The van der Waals surface area contributed by atoms with E-state index in [0.29, 0.717) is 6.07 Å². The number of aromatic nitrogens is 1. The van der Waals surface area contributed by atoms with Crippen molar-refractivity contribution in [2.45, 2.75) is 16.0 Å². The molecule has 1 aromatic carbocycles. The number of hydrogen-bond acceptors (Lipinski definition) is 5. The van der Waals surface area contributed by atoms with Gasteiger partial charge in [0.25, 0.3) is 0 Å². The molecule has 1 aromatic heterocycles. The molecule has 0 unspecified atom stereocenters. The summed E-state index contributed by atoms with van der Waals surface area (Å²) in [6, 6.07) is 7.27. The van der Waals surface area contributed by atoms with Gasteiger partial charge in [0, 0.05) is 43.5 Å². The SMILES string of the molecule is O=C(CSc1ccncc1)N1CCN(S(=O)(=O)c2cccc(C(F)(F)F)c2)CC1. The summed E-state index contributed by atoms with van der Waals surface area (Å²) in [4.78, 5) is 18.3. The lowest BCUT2D eigenvalue weighted by Gasteiger charge is -2.34. The Hall–Kier alpha value is -2.11. The van der Waals surface area contributed by atoms with E-state index >= 15 is 0 Å². The number of hydrogen-bond donors (Lipinski definition) is 0. The van der Waals surface area contributed by atoms with E-state index in [-0.39, 0.29) is 37.8 Å². The lowest BCUT2D eigenvalue weighted by Crippen LogP contribution is -2.51. The third-order valence-electron chi connectivity index (χ3n) is 4.40. The lowest BCUT2D eigenvalue weighted by atomic mass is 10.2. The van der Waals surface area contributed by atoms with Crippen molar-refractivity contribution in [2.75, 3.05) is 31.9 Å². The van der Waals surface area contributed by atoms with Crippen LogP contribution in [0.4, 0.5) is 13.2 Å². The van der Waals surface area contributed by atoms with E-state index in [0.717, 1.165) is 27.4 Å². The van der Waals surface area contributed by atoms with Gasteiger partial charge in [-0.1, -0.05) is 6.07 Å². The summed E-state index contributed by atoms with van der Waals surface area (Å²) in [7, 11) is -4.07. The van der Waals surface area contributed by atoms with Crippen LogP contribution >= 0.6 is 11.8 Å². The maximum atomic E-state index is 12.9. The molecule has 1 aliphatic heterocycles. The van der Waals surface area contributed by atoms with Crippen molar-refractivity contribution < 1.29 is 26.4 Å². The first-order valence-corrected chi connectivity index (χ1v) is 11.1. The molecule has 2 aromatic rings. The second kappa shape index (κ2) is 8.72. The minimum absolute atomic E-state index is 0.0320. The summed E-state index contributed by atoms with van der Waals surface area (Å²) in [6.45, 7) is 0.441. The summed E-state index contributed by atoms with van der Waals surface area (Å²) in [6.07, 6.45) is -1.36. The van der Waals surface area contributed by atoms with Crippen LogP contribution in [0.15, 0.2) is 58.6 Å². The van der Waals surface area contributed by atoms with Crippen molar-refractivity contribution in [2.24, 2.45) is 0 Å². The summed E-state index contributed by atoms with van der Waals surface area (Å²) in [5, 5.41) is 0. The molecule has 1 fully saturated rings. The van der Waals surface area contributed by atoms with Gasteiger partial charge < -0.3 is 4.90 Å². The summed E-state index contributed by atoms with van der Waals surface area (Å²) >= 11 is 1.36. The molecule has 0 N–H and O–H groups in total. The van der Waals surface area contributed by atoms with Crippen molar-refractivity contribution in [3.63, 3.8) is 0 Å². The van der Waals surface area contributed by atoms with E-state index < -0.39 is 26.7 Å². The minimum Gasteiger partial charge on any atom is -0.339 e. The maximum Gasteiger partial charge on any atom is 0.416 e. The highest BCUT2D eigenvalue weighted by Gasteiger charge is 2.34. The first-order chi connectivity index (χ1) is 13.7. The number of alkyl halides is 3. The number of rotatable bonds is 5. The van der Waals surface area contributed by atoms with E-state index in [1.807, 2.05) is 0 Å². The van der Waals surface area contributed by atoms with Gasteiger partial charge in [-0.15, -0.1) is 11.8 Å². The number of benzene rings is 1. The van der Waals surface area contributed by atoms with Gasteiger partial charge in [-0.25, -0.2) is 8.42 Å². The standard InChI is InChI=1S/C18H18F3N3O3S2/c19-18(20,21)14-2-1-3-16(12-14)29(26,27)24-10-8-23(9-11-24)17(25)13-28-15-4-6-22-7-5-15/h1-7,12H,8-11,13H2. The summed E-state index contributed by atoms with van der Waals surface area (Å²) in [5.41, 5.74) is -1.01. The monoisotopic (exact) mass is 445 g/mol. The fourth-order valence-corrected chi connectivity index (χ4v) is 5.09. The van der Waals surface area contributed by atoms with Gasteiger partial charge in [-0.2, -0.15) is 17.5 Å². The predicted molar refractivity (Wildman–Crippen MR) is 102 cm³/mol. The van der Waals surface area contributed by atoms with Crippen LogP contribution in [0.1, 0.15) is 5.56 Å². The van der Waals surface area contributed by atoms with Crippen molar-refractivity contribution in [1.82, 2.24) is 14.2 Å². The largest absolute Gasteiger partial charge is 0.416 e. The average Bonchev–Trinajstić information content (AvgIpc) is 2.72. The van der Waals surface area contributed by atoms with Crippen molar-refractivity contribution in [1.29, 1.82) is 0 Å².